The average Bonchev–Trinajstić information content (AvgIpc) is 2.42. The van der Waals surface area contributed by atoms with Crippen LogP contribution in [-0.4, -0.2) is 12.2 Å². The van der Waals surface area contributed by atoms with E-state index in [1.807, 2.05) is 19.1 Å². The van der Waals surface area contributed by atoms with Crippen molar-refractivity contribution in [2.24, 2.45) is 0 Å². The van der Waals surface area contributed by atoms with Crippen LogP contribution in [0.4, 0.5) is 4.39 Å². The number of aryl methyl sites for hydroxylation is 1. The van der Waals surface area contributed by atoms with Crippen LogP contribution in [0.5, 0.6) is 17.2 Å². The summed E-state index contributed by atoms with van der Waals surface area (Å²) in [5.41, 5.74) is 1.44. The molecule has 0 saturated heterocycles. The van der Waals surface area contributed by atoms with Crippen molar-refractivity contribution in [3.05, 3.63) is 53.3 Å². The molecule has 20 heavy (non-hydrogen) atoms. The fourth-order valence-corrected chi connectivity index (χ4v) is 1.92. The first-order chi connectivity index (χ1) is 9.51. The highest BCUT2D eigenvalue weighted by Crippen LogP contribution is 2.35. The van der Waals surface area contributed by atoms with E-state index in [9.17, 15) is 9.50 Å². The zero-order chi connectivity index (χ0) is 14.7. The van der Waals surface area contributed by atoms with Crippen molar-refractivity contribution in [3.8, 4) is 17.2 Å². The number of aliphatic hydroxyl groups is 1. The lowest BCUT2D eigenvalue weighted by Crippen LogP contribution is -1.98. The van der Waals surface area contributed by atoms with E-state index in [4.69, 9.17) is 9.47 Å². The summed E-state index contributed by atoms with van der Waals surface area (Å²) in [6.45, 7) is 3.51. The highest BCUT2D eigenvalue weighted by atomic mass is 19.1. The number of halogens is 1. The van der Waals surface area contributed by atoms with Crippen LogP contribution < -0.4 is 9.47 Å². The first kappa shape index (κ1) is 14.3. The minimum Gasteiger partial charge on any atom is -0.493 e. The quantitative estimate of drug-likeness (QED) is 0.917. The highest BCUT2D eigenvalue weighted by Gasteiger charge is 2.13. The van der Waals surface area contributed by atoms with Crippen LogP contribution in [0.25, 0.3) is 0 Å². The molecular weight excluding hydrogens is 259 g/mol. The molecule has 106 valence electrons. The second-order valence-electron chi connectivity index (χ2n) is 4.61. The van der Waals surface area contributed by atoms with Gasteiger partial charge in [-0.1, -0.05) is 6.07 Å². The molecule has 2 rings (SSSR count). The number of hydrogen-bond acceptors (Lipinski definition) is 3. The second-order valence-corrected chi connectivity index (χ2v) is 4.61. The molecule has 0 fully saturated rings. The van der Waals surface area contributed by atoms with Gasteiger partial charge in [0.05, 0.1) is 13.2 Å². The number of aliphatic hydroxyl groups excluding tert-OH is 1. The van der Waals surface area contributed by atoms with Gasteiger partial charge in [0.15, 0.2) is 11.5 Å². The van der Waals surface area contributed by atoms with E-state index < -0.39 is 11.9 Å². The Morgan fingerprint density at radius 2 is 1.75 bits per heavy atom. The number of hydrogen-bond donors (Lipinski definition) is 1. The Kier molecular flexibility index (Phi) is 4.25. The molecule has 0 saturated carbocycles. The molecule has 0 heterocycles. The van der Waals surface area contributed by atoms with Crippen LogP contribution in [0.1, 0.15) is 24.2 Å². The van der Waals surface area contributed by atoms with E-state index in [0.717, 1.165) is 5.56 Å². The van der Waals surface area contributed by atoms with Gasteiger partial charge >= 0.3 is 0 Å². The molecule has 0 aliphatic rings. The standard InChI is InChI=1S/C16H17FO3/c1-10-4-6-15(16(8-10)19-3)20-14-7-5-12(17)9-13(14)11(2)18/h4-9,11,18H,1-3H3. The summed E-state index contributed by atoms with van der Waals surface area (Å²) in [6, 6.07) is 9.58. The molecule has 0 radical (unpaired) electrons. The molecule has 2 aromatic carbocycles. The third-order valence-corrected chi connectivity index (χ3v) is 2.96. The largest absolute Gasteiger partial charge is 0.493 e. The average molecular weight is 276 g/mol. The minimum absolute atomic E-state index is 0.396. The molecule has 0 bridgehead atoms. The fourth-order valence-electron chi connectivity index (χ4n) is 1.92. The van der Waals surface area contributed by atoms with Crippen molar-refractivity contribution in [1.82, 2.24) is 0 Å². The van der Waals surface area contributed by atoms with E-state index in [-0.39, 0.29) is 0 Å². The van der Waals surface area contributed by atoms with Crippen molar-refractivity contribution in [3.63, 3.8) is 0 Å². The predicted octanol–water partition coefficient (Wildman–Crippen LogP) is 3.99. The third-order valence-electron chi connectivity index (χ3n) is 2.96. The van der Waals surface area contributed by atoms with Crippen LogP contribution in [0.3, 0.4) is 0 Å². The molecule has 1 N–H and O–H groups in total. The maximum atomic E-state index is 13.3. The van der Waals surface area contributed by atoms with Crippen LogP contribution >= 0.6 is 0 Å². The summed E-state index contributed by atoms with van der Waals surface area (Å²) in [5.74, 6) is 1.10. The Balaban J connectivity index is 2.39. The van der Waals surface area contributed by atoms with Crippen molar-refractivity contribution in [2.45, 2.75) is 20.0 Å². The number of methoxy groups -OCH3 is 1. The summed E-state index contributed by atoms with van der Waals surface area (Å²) in [7, 11) is 1.56. The van der Waals surface area contributed by atoms with Gasteiger partial charge in [-0.3, -0.25) is 0 Å². The van der Waals surface area contributed by atoms with Crippen molar-refractivity contribution in [1.29, 1.82) is 0 Å². The molecule has 0 aliphatic carbocycles. The molecule has 4 heteroatoms. The number of rotatable bonds is 4. The fraction of sp³-hybridized carbons (Fsp3) is 0.250. The molecule has 1 unspecified atom stereocenters. The van der Waals surface area contributed by atoms with Gasteiger partial charge < -0.3 is 14.6 Å². The SMILES string of the molecule is COc1cc(C)ccc1Oc1ccc(F)cc1C(C)O. The summed E-state index contributed by atoms with van der Waals surface area (Å²) in [4.78, 5) is 0. The molecular formula is C16H17FO3. The summed E-state index contributed by atoms with van der Waals surface area (Å²) in [6.07, 6.45) is -0.822. The molecule has 3 nitrogen and oxygen atoms in total. The van der Waals surface area contributed by atoms with Gasteiger partial charge in [-0.2, -0.15) is 0 Å². The van der Waals surface area contributed by atoms with E-state index >= 15 is 0 Å². The van der Waals surface area contributed by atoms with Crippen molar-refractivity contribution < 1.29 is 19.0 Å². The zero-order valence-electron chi connectivity index (χ0n) is 11.7. The maximum absolute atomic E-state index is 13.3. The molecule has 0 aromatic heterocycles. The summed E-state index contributed by atoms with van der Waals surface area (Å²) in [5, 5.41) is 9.70. The van der Waals surface area contributed by atoms with Gasteiger partial charge in [0.1, 0.15) is 11.6 Å². The van der Waals surface area contributed by atoms with Gasteiger partial charge in [-0.05, 0) is 49.7 Å². The number of benzene rings is 2. The van der Waals surface area contributed by atoms with Gasteiger partial charge in [-0.15, -0.1) is 0 Å². The third kappa shape index (κ3) is 3.08. The summed E-state index contributed by atoms with van der Waals surface area (Å²) < 4.78 is 24.3. The lowest BCUT2D eigenvalue weighted by Gasteiger charge is -2.15. The Morgan fingerprint density at radius 3 is 2.40 bits per heavy atom. The predicted molar refractivity (Wildman–Crippen MR) is 74.8 cm³/mol. The van der Waals surface area contributed by atoms with Gasteiger partial charge in [-0.25, -0.2) is 4.39 Å². The first-order valence-corrected chi connectivity index (χ1v) is 6.31. The molecule has 0 amide bonds. The number of ether oxygens (including phenoxy) is 2. The molecule has 2 aromatic rings. The van der Waals surface area contributed by atoms with E-state index in [0.29, 0.717) is 22.8 Å². The van der Waals surface area contributed by atoms with Crippen molar-refractivity contribution >= 4 is 0 Å². The second kappa shape index (κ2) is 5.92. The maximum Gasteiger partial charge on any atom is 0.169 e. The van der Waals surface area contributed by atoms with E-state index in [1.54, 1.807) is 20.1 Å². The molecule has 0 aliphatic heterocycles. The minimum atomic E-state index is -0.822. The lowest BCUT2D eigenvalue weighted by atomic mass is 10.1. The Morgan fingerprint density at radius 1 is 1.05 bits per heavy atom. The van der Waals surface area contributed by atoms with E-state index in [2.05, 4.69) is 0 Å². The first-order valence-electron chi connectivity index (χ1n) is 6.31. The van der Waals surface area contributed by atoms with Crippen molar-refractivity contribution in [2.75, 3.05) is 7.11 Å². The van der Waals surface area contributed by atoms with Gasteiger partial charge in [0.25, 0.3) is 0 Å². The Labute approximate surface area is 117 Å². The summed E-state index contributed by atoms with van der Waals surface area (Å²) >= 11 is 0. The van der Waals surface area contributed by atoms with Gasteiger partial charge in [0.2, 0.25) is 0 Å². The van der Waals surface area contributed by atoms with Crippen LogP contribution in [0, 0.1) is 12.7 Å². The Bertz CT molecular complexity index is 609. The van der Waals surface area contributed by atoms with Gasteiger partial charge in [0, 0.05) is 5.56 Å². The van der Waals surface area contributed by atoms with Crippen LogP contribution in [0.15, 0.2) is 36.4 Å². The zero-order valence-corrected chi connectivity index (χ0v) is 11.7. The normalized spacial score (nSPS) is 12.1. The highest BCUT2D eigenvalue weighted by molar-refractivity contribution is 5.47. The van der Waals surface area contributed by atoms with Crippen LogP contribution in [0.2, 0.25) is 0 Å². The lowest BCUT2D eigenvalue weighted by molar-refractivity contribution is 0.195. The smallest absolute Gasteiger partial charge is 0.169 e. The monoisotopic (exact) mass is 276 g/mol. The van der Waals surface area contributed by atoms with Crippen LogP contribution in [-0.2, 0) is 0 Å². The molecule has 1 atom stereocenters. The topological polar surface area (TPSA) is 38.7 Å². The van der Waals surface area contributed by atoms with E-state index in [1.165, 1.54) is 18.2 Å². The Hall–Kier alpha value is -2.07. The molecule has 0 spiro atoms.